The van der Waals surface area contributed by atoms with E-state index in [9.17, 15) is 8.42 Å². The van der Waals surface area contributed by atoms with E-state index in [1.165, 1.54) is 12.1 Å². The minimum Gasteiger partial charge on any atom is -0.467 e. The topological polar surface area (TPSA) is 83.4 Å². The summed E-state index contributed by atoms with van der Waals surface area (Å²) in [6, 6.07) is 9.77. The zero-order chi connectivity index (χ0) is 15.3. The van der Waals surface area contributed by atoms with E-state index in [2.05, 4.69) is 31.5 Å². The van der Waals surface area contributed by atoms with Crippen molar-refractivity contribution < 1.29 is 12.8 Å². The highest BCUT2D eigenvalue weighted by atomic mass is 79.9. The lowest BCUT2D eigenvalue weighted by atomic mass is 10.4. The largest absolute Gasteiger partial charge is 0.467 e. The lowest BCUT2D eigenvalue weighted by molar-refractivity contribution is 0.502. The van der Waals surface area contributed by atoms with Crippen molar-refractivity contribution in [1.82, 2.24) is 15.6 Å². The van der Waals surface area contributed by atoms with Gasteiger partial charge in [0.15, 0.2) is 5.11 Å². The number of rotatable bonds is 5. The van der Waals surface area contributed by atoms with Crippen LogP contribution in [0.15, 0.2) is 56.4 Å². The van der Waals surface area contributed by atoms with Gasteiger partial charge in [-0.25, -0.2) is 8.42 Å². The number of hydrazine groups is 1. The fourth-order valence-electron chi connectivity index (χ4n) is 1.41. The molecule has 1 aromatic heterocycles. The van der Waals surface area contributed by atoms with Crippen molar-refractivity contribution in [3.05, 3.63) is 52.9 Å². The van der Waals surface area contributed by atoms with Crippen LogP contribution in [0.3, 0.4) is 0 Å². The number of hydrogen-bond acceptors (Lipinski definition) is 4. The summed E-state index contributed by atoms with van der Waals surface area (Å²) in [5, 5.41) is 2.96. The normalized spacial score (nSPS) is 11.1. The van der Waals surface area contributed by atoms with E-state index in [1.54, 1.807) is 30.5 Å². The zero-order valence-corrected chi connectivity index (χ0v) is 13.9. The first-order valence-corrected chi connectivity index (χ1v) is 8.49. The molecule has 2 aromatic rings. The Morgan fingerprint density at radius 1 is 1.24 bits per heavy atom. The minimum atomic E-state index is -3.68. The van der Waals surface area contributed by atoms with Crippen LogP contribution in [0.5, 0.6) is 0 Å². The Hall–Kier alpha value is -1.42. The van der Waals surface area contributed by atoms with E-state index < -0.39 is 10.0 Å². The van der Waals surface area contributed by atoms with Crippen molar-refractivity contribution in [2.75, 3.05) is 0 Å². The molecular weight excluding hydrogens is 378 g/mol. The second-order valence-corrected chi connectivity index (χ2v) is 6.95. The summed E-state index contributed by atoms with van der Waals surface area (Å²) < 4.78 is 29.9. The number of sulfonamides is 1. The minimum absolute atomic E-state index is 0.132. The maximum absolute atomic E-state index is 12.0. The van der Waals surface area contributed by atoms with Gasteiger partial charge < -0.3 is 9.73 Å². The highest BCUT2D eigenvalue weighted by Crippen LogP contribution is 2.13. The third kappa shape index (κ3) is 4.81. The van der Waals surface area contributed by atoms with Crippen molar-refractivity contribution >= 4 is 43.3 Å². The molecule has 0 aliphatic heterocycles. The van der Waals surface area contributed by atoms with E-state index in [1.807, 2.05) is 0 Å². The lowest BCUT2D eigenvalue weighted by Gasteiger charge is -2.11. The average molecular weight is 390 g/mol. The molecule has 1 heterocycles. The molecule has 9 heteroatoms. The van der Waals surface area contributed by atoms with Crippen LogP contribution in [0.4, 0.5) is 0 Å². The number of halogens is 1. The molecule has 0 unspecified atom stereocenters. The molecular formula is C12H12BrN3O3S2. The predicted molar refractivity (Wildman–Crippen MR) is 85.7 cm³/mol. The van der Waals surface area contributed by atoms with Crippen LogP contribution in [-0.4, -0.2) is 13.5 Å². The van der Waals surface area contributed by atoms with Gasteiger partial charge in [0, 0.05) is 4.47 Å². The maximum atomic E-state index is 12.0. The summed E-state index contributed by atoms with van der Waals surface area (Å²) in [5.74, 6) is 0.690. The van der Waals surface area contributed by atoms with Crippen LogP contribution in [0, 0.1) is 0 Å². The predicted octanol–water partition coefficient (Wildman–Crippen LogP) is 1.90. The Balaban J connectivity index is 1.86. The fourth-order valence-corrected chi connectivity index (χ4v) is 2.71. The van der Waals surface area contributed by atoms with Gasteiger partial charge in [-0.05, 0) is 48.6 Å². The fraction of sp³-hybridized carbons (Fsp3) is 0.0833. The van der Waals surface area contributed by atoms with Crippen molar-refractivity contribution in [3.63, 3.8) is 0 Å². The Bertz CT molecular complexity index is 700. The van der Waals surface area contributed by atoms with Crippen LogP contribution in [0.1, 0.15) is 5.76 Å². The summed E-state index contributed by atoms with van der Waals surface area (Å²) >= 11 is 8.21. The van der Waals surface area contributed by atoms with Gasteiger partial charge >= 0.3 is 0 Å². The van der Waals surface area contributed by atoms with Crippen molar-refractivity contribution in [1.29, 1.82) is 0 Å². The number of nitrogens with one attached hydrogen (secondary N) is 3. The standard InChI is InChI=1S/C12H12BrN3O3S2/c13-9-3-5-11(6-4-9)21(17,18)16-15-12(20)14-8-10-2-1-7-19-10/h1-7,16H,8H2,(H2,14,15,20). The van der Waals surface area contributed by atoms with Crippen LogP contribution < -0.4 is 15.6 Å². The third-order valence-electron chi connectivity index (χ3n) is 2.43. The van der Waals surface area contributed by atoms with Gasteiger partial charge in [-0.15, -0.1) is 4.83 Å². The molecule has 112 valence electrons. The molecule has 21 heavy (non-hydrogen) atoms. The Morgan fingerprint density at radius 2 is 1.95 bits per heavy atom. The molecule has 6 nitrogen and oxygen atoms in total. The van der Waals surface area contributed by atoms with Gasteiger partial charge in [-0.1, -0.05) is 15.9 Å². The number of hydrogen-bond donors (Lipinski definition) is 3. The first-order valence-electron chi connectivity index (χ1n) is 5.81. The summed E-state index contributed by atoms with van der Waals surface area (Å²) in [6.07, 6.45) is 1.55. The number of thiocarbonyl (C=S) groups is 1. The first kappa shape index (κ1) is 16.0. The number of benzene rings is 1. The molecule has 3 N–H and O–H groups in total. The van der Waals surface area contributed by atoms with Gasteiger partial charge in [0.2, 0.25) is 0 Å². The molecule has 0 saturated heterocycles. The molecule has 0 amide bonds. The van der Waals surface area contributed by atoms with Crippen molar-refractivity contribution in [2.45, 2.75) is 11.4 Å². The molecule has 1 aromatic carbocycles. The second-order valence-electron chi connectivity index (χ2n) is 3.95. The van der Waals surface area contributed by atoms with Crippen LogP contribution in [0.25, 0.3) is 0 Å². The van der Waals surface area contributed by atoms with Crippen LogP contribution >= 0.6 is 28.1 Å². The van der Waals surface area contributed by atoms with E-state index in [4.69, 9.17) is 16.6 Å². The van der Waals surface area contributed by atoms with Crippen LogP contribution in [-0.2, 0) is 16.6 Å². The summed E-state index contributed by atoms with van der Waals surface area (Å²) in [7, 11) is -3.68. The summed E-state index contributed by atoms with van der Waals surface area (Å²) in [5.41, 5.74) is 2.43. The monoisotopic (exact) mass is 389 g/mol. The van der Waals surface area contributed by atoms with E-state index in [0.29, 0.717) is 12.3 Å². The Morgan fingerprint density at radius 3 is 2.57 bits per heavy atom. The van der Waals surface area contributed by atoms with Crippen molar-refractivity contribution in [3.8, 4) is 0 Å². The first-order chi connectivity index (χ1) is 9.97. The molecule has 0 atom stereocenters. The molecule has 2 rings (SSSR count). The molecule has 0 bridgehead atoms. The van der Waals surface area contributed by atoms with Crippen LogP contribution in [0.2, 0.25) is 0 Å². The van der Waals surface area contributed by atoms with E-state index in [0.717, 1.165) is 4.47 Å². The molecule has 0 aliphatic carbocycles. The SMILES string of the molecule is O=S(=O)(NNC(=S)NCc1ccco1)c1ccc(Br)cc1. The molecule has 0 saturated carbocycles. The highest BCUT2D eigenvalue weighted by Gasteiger charge is 2.13. The average Bonchev–Trinajstić information content (AvgIpc) is 2.97. The highest BCUT2D eigenvalue weighted by molar-refractivity contribution is 9.10. The maximum Gasteiger partial charge on any atom is 0.257 e. The van der Waals surface area contributed by atoms with Gasteiger partial charge in [0.05, 0.1) is 17.7 Å². The lowest BCUT2D eigenvalue weighted by Crippen LogP contribution is -2.46. The number of furan rings is 1. The van der Waals surface area contributed by atoms with Gasteiger partial charge in [-0.2, -0.15) is 0 Å². The van der Waals surface area contributed by atoms with Gasteiger partial charge in [0.1, 0.15) is 5.76 Å². The quantitative estimate of drug-likeness (QED) is 0.534. The molecule has 0 aliphatic rings. The summed E-state index contributed by atoms with van der Waals surface area (Å²) in [6.45, 7) is 0.360. The summed E-state index contributed by atoms with van der Waals surface area (Å²) in [4.78, 5) is 2.33. The molecule has 0 spiro atoms. The zero-order valence-electron chi connectivity index (χ0n) is 10.7. The van der Waals surface area contributed by atoms with Crippen molar-refractivity contribution in [2.24, 2.45) is 0 Å². The smallest absolute Gasteiger partial charge is 0.257 e. The molecule has 0 fully saturated rings. The second kappa shape index (κ2) is 7.03. The molecule has 0 radical (unpaired) electrons. The van der Waals surface area contributed by atoms with E-state index in [-0.39, 0.29) is 10.0 Å². The van der Waals surface area contributed by atoms with E-state index >= 15 is 0 Å². The van der Waals surface area contributed by atoms with Gasteiger partial charge in [0.25, 0.3) is 10.0 Å². The Labute approximate surface area is 136 Å². The third-order valence-corrected chi connectivity index (χ3v) is 4.46. The van der Waals surface area contributed by atoms with Gasteiger partial charge in [-0.3, -0.25) is 5.43 Å². The Kier molecular flexibility index (Phi) is 5.34.